The number of carbonyl (C=O) groups excluding carboxylic acids is 1. The summed E-state index contributed by atoms with van der Waals surface area (Å²) in [5.74, 6) is -0.0512. The van der Waals surface area contributed by atoms with Crippen LogP contribution in [0.2, 0.25) is 0 Å². The Balaban J connectivity index is 1.53. The van der Waals surface area contributed by atoms with Crippen LogP contribution < -0.4 is 5.56 Å². The standard InChI is InChI=1S/C19H21N5O4S/c1-23(12-17-21-15-7-3-2-6-14(15)18(25)22-17)19(26)16-10-13(11-20-16)29(27,28)24-8-4-5-9-24/h2-3,6-7,10-11,20H,4-5,8-9,12H2,1H3,(H,21,22,25). The third-order valence-corrected chi connectivity index (χ3v) is 6.86. The van der Waals surface area contributed by atoms with Gasteiger partial charge in [0, 0.05) is 26.3 Å². The molecule has 1 amide bonds. The molecule has 29 heavy (non-hydrogen) atoms. The molecule has 2 aromatic heterocycles. The first-order valence-corrected chi connectivity index (χ1v) is 10.7. The van der Waals surface area contributed by atoms with Crippen molar-refractivity contribution in [1.29, 1.82) is 0 Å². The van der Waals surface area contributed by atoms with Crippen LogP contribution in [-0.4, -0.2) is 58.6 Å². The van der Waals surface area contributed by atoms with Gasteiger partial charge in [-0.3, -0.25) is 9.59 Å². The molecule has 0 radical (unpaired) electrons. The second kappa shape index (κ2) is 7.45. The van der Waals surface area contributed by atoms with Gasteiger partial charge < -0.3 is 14.9 Å². The molecule has 0 saturated carbocycles. The molecule has 0 atom stereocenters. The van der Waals surface area contributed by atoms with E-state index < -0.39 is 15.9 Å². The number of benzene rings is 1. The highest BCUT2D eigenvalue weighted by Gasteiger charge is 2.29. The molecule has 1 aliphatic heterocycles. The van der Waals surface area contributed by atoms with Crippen molar-refractivity contribution in [2.45, 2.75) is 24.3 Å². The summed E-state index contributed by atoms with van der Waals surface area (Å²) < 4.78 is 26.7. The lowest BCUT2D eigenvalue weighted by Crippen LogP contribution is -2.29. The van der Waals surface area contributed by atoms with Gasteiger partial charge in [0.05, 0.1) is 17.4 Å². The maximum atomic E-state index is 12.7. The van der Waals surface area contributed by atoms with Crippen LogP contribution in [0.4, 0.5) is 0 Å². The molecule has 9 nitrogen and oxygen atoms in total. The van der Waals surface area contributed by atoms with Gasteiger partial charge in [-0.15, -0.1) is 0 Å². The number of fused-ring (bicyclic) bond motifs is 1. The smallest absolute Gasteiger partial charge is 0.270 e. The van der Waals surface area contributed by atoms with Gasteiger partial charge in [-0.05, 0) is 31.0 Å². The van der Waals surface area contributed by atoms with Crippen LogP contribution in [0.25, 0.3) is 10.9 Å². The van der Waals surface area contributed by atoms with Crippen molar-refractivity contribution in [2.75, 3.05) is 20.1 Å². The largest absolute Gasteiger partial charge is 0.356 e. The number of nitrogens with zero attached hydrogens (tertiary/aromatic N) is 3. The predicted molar refractivity (Wildman–Crippen MR) is 107 cm³/mol. The Morgan fingerprint density at radius 2 is 1.97 bits per heavy atom. The maximum absolute atomic E-state index is 12.7. The summed E-state index contributed by atoms with van der Waals surface area (Å²) in [6.07, 6.45) is 3.02. The number of amides is 1. The van der Waals surface area contributed by atoms with E-state index in [1.807, 2.05) is 0 Å². The summed E-state index contributed by atoms with van der Waals surface area (Å²) in [5, 5.41) is 0.478. The number of para-hydroxylation sites is 1. The molecule has 1 aliphatic rings. The number of nitrogens with one attached hydrogen (secondary N) is 2. The summed E-state index contributed by atoms with van der Waals surface area (Å²) >= 11 is 0. The topological polar surface area (TPSA) is 119 Å². The van der Waals surface area contributed by atoms with E-state index in [0.717, 1.165) is 12.8 Å². The summed E-state index contributed by atoms with van der Waals surface area (Å²) in [6, 6.07) is 8.31. The van der Waals surface area contributed by atoms with Crippen LogP contribution in [0.3, 0.4) is 0 Å². The Labute approximate surface area is 167 Å². The molecule has 3 aromatic rings. The Morgan fingerprint density at radius 1 is 1.24 bits per heavy atom. The lowest BCUT2D eigenvalue weighted by molar-refractivity contribution is 0.0776. The minimum Gasteiger partial charge on any atom is -0.356 e. The third-order valence-electron chi connectivity index (χ3n) is 4.99. The zero-order chi connectivity index (χ0) is 20.6. The van der Waals surface area contributed by atoms with E-state index in [9.17, 15) is 18.0 Å². The molecule has 152 valence electrons. The van der Waals surface area contributed by atoms with Crippen molar-refractivity contribution in [2.24, 2.45) is 0 Å². The molecule has 1 saturated heterocycles. The predicted octanol–water partition coefficient (Wildman–Crippen LogP) is 1.31. The fourth-order valence-corrected chi connectivity index (χ4v) is 4.95. The lowest BCUT2D eigenvalue weighted by atomic mass is 10.2. The summed E-state index contributed by atoms with van der Waals surface area (Å²) in [6.45, 7) is 1.07. The van der Waals surface area contributed by atoms with Gasteiger partial charge in [0.25, 0.3) is 11.5 Å². The summed E-state index contributed by atoms with van der Waals surface area (Å²) in [4.78, 5) is 36.2. The van der Waals surface area contributed by atoms with E-state index in [4.69, 9.17) is 0 Å². The molecule has 0 spiro atoms. The SMILES string of the molecule is CN(Cc1nc2ccccc2c(=O)[nH]1)C(=O)c1cc(S(=O)(=O)N2CCCC2)c[nH]1. The van der Waals surface area contributed by atoms with Crippen LogP contribution >= 0.6 is 0 Å². The fourth-order valence-electron chi connectivity index (χ4n) is 3.44. The Morgan fingerprint density at radius 3 is 2.72 bits per heavy atom. The lowest BCUT2D eigenvalue weighted by Gasteiger charge is -2.16. The average Bonchev–Trinajstić information content (AvgIpc) is 3.40. The Hall–Kier alpha value is -2.98. The van der Waals surface area contributed by atoms with Crippen LogP contribution in [0.1, 0.15) is 29.2 Å². The van der Waals surface area contributed by atoms with Crippen molar-refractivity contribution < 1.29 is 13.2 Å². The van der Waals surface area contributed by atoms with Crippen molar-refractivity contribution in [3.8, 4) is 0 Å². The number of hydrogen-bond donors (Lipinski definition) is 2. The third kappa shape index (κ3) is 3.68. The normalized spacial score (nSPS) is 15.1. The molecule has 3 heterocycles. The number of carbonyl (C=O) groups is 1. The monoisotopic (exact) mass is 415 g/mol. The number of aromatic nitrogens is 3. The molecule has 2 N–H and O–H groups in total. The minimum absolute atomic E-state index is 0.0755. The van der Waals surface area contributed by atoms with E-state index in [2.05, 4.69) is 15.0 Å². The second-order valence-corrected chi connectivity index (χ2v) is 8.99. The highest BCUT2D eigenvalue weighted by Crippen LogP contribution is 2.22. The quantitative estimate of drug-likeness (QED) is 0.651. The molecule has 4 rings (SSSR count). The highest BCUT2D eigenvalue weighted by atomic mass is 32.2. The summed E-state index contributed by atoms with van der Waals surface area (Å²) in [5.41, 5.74) is 0.435. The van der Waals surface area contributed by atoms with Crippen LogP contribution in [-0.2, 0) is 16.6 Å². The number of hydrogen-bond acceptors (Lipinski definition) is 5. The molecular formula is C19H21N5O4S. The van der Waals surface area contributed by atoms with E-state index in [0.29, 0.717) is 29.8 Å². The second-order valence-electron chi connectivity index (χ2n) is 7.05. The first-order valence-electron chi connectivity index (χ1n) is 9.28. The molecule has 0 unspecified atom stereocenters. The zero-order valence-corrected chi connectivity index (χ0v) is 16.7. The molecule has 1 aromatic carbocycles. The molecular weight excluding hydrogens is 394 g/mol. The van der Waals surface area contributed by atoms with Crippen molar-refractivity contribution in [1.82, 2.24) is 24.2 Å². The van der Waals surface area contributed by atoms with E-state index >= 15 is 0 Å². The number of H-pyrrole nitrogens is 2. The van der Waals surface area contributed by atoms with Gasteiger partial charge in [0.1, 0.15) is 16.4 Å². The zero-order valence-electron chi connectivity index (χ0n) is 15.9. The highest BCUT2D eigenvalue weighted by molar-refractivity contribution is 7.89. The first kappa shape index (κ1) is 19.3. The van der Waals surface area contributed by atoms with Gasteiger partial charge in [0.15, 0.2) is 0 Å². The molecule has 0 aliphatic carbocycles. The minimum atomic E-state index is -3.59. The van der Waals surface area contributed by atoms with Crippen LogP contribution in [0.15, 0.2) is 46.2 Å². The van der Waals surface area contributed by atoms with Gasteiger partial charge in [-0.1, -0.05) is 12.1 Å². The van der Waals surface area contributed by atoms with Crippen molar-refractivity contribution >= 4 is 26.8 Å². The van der Waals surface area contributed by atoms with Gasteiger partial charge in [-0.2, -0.15) is 4.31 Å². The van der Waals surface area contributed by atoms with Gasteiger partial charge in [-0.25, -0.2) is 13.4 Å². The van der Waals surface area contributed by atoms with Crippen LogP contribution in [0, 0.1) is 0 Å². The Kier molecular flexibility index (Phi) is 4.97. The summed E-state index contributed by atoms with van der Waals surface area (Å²) in [7, 11) is -2.03. The number of rotatable bonds is 5. The molecule has 1 fully saturated rings. The van der Waals surface area contributed by atoms with E-state index in [1.165, 1.54) is 21.5 Å². The number of aromatic amines is 2. The van der Waals surface area contributed by atoms with Crippen molar-refractivity contribution in [3.05, 3.63) is 58.4 Å². The Bertz CT molecular complexity index is 1220. The molecule has 0 bridgehead atoms. The van der Waals surface area contributed by atoms with Gasteiger partial charge >= 0.3 is 0 Å². The van der Waals surface area contributed by atoms with Crippen molar-refractivity contribution in [3.63, 3.8) is 0 Å². The van der Waals surface area contributed by atoms with E-state index in [-0.39, 0.29) is 22.7 Å². The van der Waals surface area contributed by atoms with Gasteiger partial charge in [0.2, 0.25) is 10.0 Å². The molecule has 10 heteroatoms. The van der Waals surface area contributed by atoms with E-state index in [1.54, 1.807) is 31.3 Å². The first-order chi connectivity index (χ1) is 13.9. The average molecular weight is 415 g/mol. The fraction of sp³-hybridized carbons (Fsp3) is 0.316. The maximum Gasteiger partial charge on any atom is 0.270 e. The number of sulfonamides is 1. The van der Waals surface area contributed by atoms with Crippen LogP contribution in [0.5, 0.6) is 0 Å².